The van der Waals surface area contributed by atoms with Gasteiger partial charge in [0, 0.05) is 6.04 Å². The van der Waals surface area contributed by atoms with Crippen LogP contribution in [0.4, 0.5) is 4.79 Å². The van der Waals surface area contributed by atoms with Gasteiger partial charge < -0.3 is 20.2 Å². The lowest BCUT2D eigenvalue weighted by atomic mass is 10.1. The van der Waals surface area contributed by atoms with E-state index in [9.17, 15) is 9.59 Å². The molecular formula is C12H16N2O4. The van der Waals surface area contributed by atoms with Gasteiger partial charge in [-0.2, -0.15) is 0 Å². The maximum atomic E-state index is 11.6. The van der Waals surface area contributed by atoms with Crippen LogP contribution in [-0.4, -0.2) is 23.1 Å². The lowest BCUT2D eigenvalue weighted by Gasteiger charge is -2.16. The normalized spacial score (nSPS) is 16.0. The highest BCUT2D eigenvalue weighted by Crippen LogP contribution is 2.33. The summed E-state index contributed by atoms with van der Waals surface area (Å²) in [7, 11) is 0. The molecule has 1 aliphatic rings. The second-order valence-corrected chi connectivity index (χ2v) is 4.45. The molecule has 1 aromatic heterocycles. The van der Waals surface area contributed by atoms with Crippen molar-refractivity contribution in [3.8, 4) is 0 Å². The highest BCUT2D eigenvalue weighted by molar-refractivity contribution is 5.75. The quantitative estimate of drug-likeness (QED) is 0.712. The topological polar surface area (TPSA) is 91.6 Å². The number of carboxylic acids is 1. The molecule has 98 valence electrons. The van der Waals surface area contributed by atoms with Gasteiger partial charge in [-0.1, -0.05) is 0 Å². The Morgan fingerprint density at radius 2 is 2.28 bits per heavy atom. The van der Waals surface area contributed by atoms with Gasteiger partial charge in [-0.25, -0.2) is 4.79 Å². The fraction of sp³-hybridized carbons (Fsp3) is 0.500. The Morgan fingerprint density at radius 1 is 1.50 bits per heavy atom. The molecule has 0 aliphatic heterocycles. The van der Waals surface area contributed by atoms with Crippen LogP contribution in [0, 0.1) is 5.92 Å². The fourth-order valence-electron chi connectivity index (χ4n) is 1.82. The Kier molecular flexibility index (Phi) is 3.86. The first kappa shape index (κ1) is 12.5. The number of nitrogens with one attached hydrogen (secondary N) is 2. The number of hydrogen-bond donors (Lipinski definition) is 3. The van der Waals surface area contributed by atoms with Gasteiger partial charge in [0.15, 0.2) is 0 Å². The molecule has 18 heavy (non-hydrogen) atoms. The van der Waals surface area contributed by atoms with Crippen LogP contribution in [0.2, 0.25) is 0 Å². The number of amides is 2. The molecule has 2 rings (SSSR count). The summed E-state index contributed by atoms with van der Waals surface area (Å²) in [6.07, 6.45) is 3.47. The lowest BCUT2D eigenvalue weighted by Crippen LogP contribution is -2.43. The van der Waals surface area contributed by atoms with E-state index in [0.717, 1.165) is 12.8 Å². The van der Waals surface area contributed by atoms with Gasteiger partial charge in [0.05, 0.1) is 19.2 Å². The average molecular weight is 252 g/mol. The van der Waals surface area contributed by atoms with Crippen molar-refractivity contribution in [2.45, 2.75) is 31.8 Å². The summed E-state index contributed by atoms with van der Waals surface area (Å²) in [4.78, 5) is 22.3. The molecule has 6 nitrogen and oxygen atoms in total. The first-order valence-electron chi connectivity index (χ1n) is 5.93. The number of urea groups is 1. The summed E-state index contributed by atoms with van der Waals surface area (Å²) in [6, 6.07) is 2.87. The molecular weight excluding hydrogens is 236 g/mol. The zero-order chi connectivity index (χ0) is 13.0. The summed E-state index contributed by atoms with van der Waals surface area (Å²) in [5, 5.41) is 14.1. The number of carboxylic acid groups (broad SMARTS) is 1. The van der Waals surface area contributed by atoms with Crippen LogP contribution in [0.5, 0.6) is 0 Å². The maximum absolute atomic E-state index is 11.6. The summed E-state index contributed by atoms with van der Waals surface area (Å²) in [6.45, 7) is 0.295. The van der Waals surface area contributed by atoms with E-state index in [2.05, 4.69) is 10.6 Å². The third kappa shape index (κ3) is 3.80. The molecule has 0 spiro atoms. The van der Waals surface area contributed by atoms with Crippen molar-refractivity contribution in [2.75, 3.05) is 0 Å². The monoisotopic (exact) mass is 252 g/mol. The van der Waals surface area contributed by atoms with E-state index in [1.807, 2.05) is 0 Å². The van der Waals surface area contributed by atoms with Crippen molar-refractivity contribution in [3.05, 3.63) is 24.2 Å². The van der Waals surface area contributed by atoms with Gasteiger partial charge in [0.2, 0.25) is 0 Å². The van der Waals surface area contributed by atoms with Crippen molar-refractivity contribution < 1.29 is 19.1 Å². The van der Waals surface area contributed by atoms with Crippen LogP contribution in [0.25, 0.3) is 0 Å². The second-order valence-electron chi connectivity index (χ2n) is 4.45. The van der Waals surface area contributed by atoms with Gasteiger partial charge >= 0.3 is 12.0 Å². The molecule has 3 N–H and O–H groups in total. The molecule has 2 amide bonds. The van der Waals surface area contributed by atoms with Crippen molar-refractivity contribution in [2.24, 2.45) is 5.92 Å². The van der Waals surface area contributed by atoms with Crippen molar-refractivity contribution in [1.29, 1.82) is 0 Å². The van der Waals surface area contributed by atoms with Gasteiger partial charge in [-0.05, 0) is 30.9 Å². The molecule has 1 aliphatic carbocycles. The molecule has 6 heteroatoms. The predicted molar refractivity (Wildman–Crippen MR) is 62.8 cm³/mol. The van der Waals surface area contributed by atoms with Gasteiger partial charge in [0.1, 0.15) is 5.76 Å². The summed E-state index contributed by atoms with van der Waals surface area (Å²) in [5.41, 5.74) is 0. The molecule has 0 saturated heterocycles. The molecule has 0 aromatic carbocycles. The van der Waals surface area contributed by atoms with E-state index < -0.39 is 5.97 Å². The molecule has 1 fully saturated rings. The zero-order valence-electron chi connectivity index (χ0n) is 9.89. The fourth-order valence-corrected chi connectivity index (χ4v) is 1.82. The summed E-state index contributed by atoms with van der Waals surface area (Å²) < 4.78 is 5.08. The van der Waals surface area contributed by atoms with Crippen LogP contribution in [0.15, 0.2) is 22.8 Å². The predicted octanol–water partition coefficient (Wildman–Crippen LogP) is 1.33. The number of rotatable bonds is 6. The standard InChI is InChI=1S/C12H16N2O4/c15-11(16)6-10(8-3-4-8)14-12(17)13-7-9-2-1-5-18-9/h1-2,5,8,10H,3-4,6-7H2,(H,15,16)(H2,13,14,17). The van der Waals surface area contributed by atoms with E-state index in [0.29, 0.717) is 18.2 Å². The number of carbonyl (C=O) groups is 2. The molecule has 1 atom stereocenters. The van der Waals surface area contributed by atoms with Crippen LogP contribution < -0.4 is 10.6 Å². The highest BCUT2D eigenvalue weighted by Gasteiger charge is 2.33. The minimum atomic E-state index is -0.891. The van der Waals surface area contributed by atoms with Gasteiger partial charge in [-0.15, -0.1) is 0 Å². The molecule has 1 unspecified atom stereocenters. The minimum Gasteiger partial charge on any atom is -0.481 e. The molecule has 0 bridgehead atoms. The van der Waals surface area contributed by atoms with E-state index in [1.165, 1.54) is 6.26 Å². The van der Waals surface area contributed by atoms with Crippen LogP contribution in [-0.2, 0) is 11.3 Å². The third-order valence-electron chi connectivity index (χ3n) is 2.91. The average Bonchev–Trinajstić information content (AvgIpc) is 3.02. The Labute approximate surface area is 104 Å². The largest absolute Gasteiger partial charge is 0.481 e. The second kappa shape index (κ2) is 5.57. The number of hydrogen-bond acceptors (Lipinski definition) is 3. The Morgan fingerprint density at radius 3 is 2.83 bits per heavy atom. The summed E-state index contributed by atoms with van der Waals surface area (Å²) >= 11 is 0. The SMILES string of the molecule is O=C(O)CC(NC(=O)NCc1ccco1)C1CC1. The van der Waals surface area contributed by atoms with Gasteiger partial charge in [0.25, 0.3) is 0 Å². The molecule has 1 saturated carbocycles. The number of furan rings is 1. The zero-order valence-corrected chi connectivity index (χ0v) is 9.89. The first-order chi connectivity index (χ1) is 8.65. The van der Waals surface area contributed by atoms with E-state index in [4.69, 9.17) is 9.52 Å². The smallest absolute Gasteiger partial charge is 0.315 e. The van der Waals surface area contributed by atoms with E-state index >= 15 is 0 Å². The number of carbonyl (C=O) groups excluding carboxylic acids is 1. The molecule has 1 heterocycles. The highest BCUT2D eigenvalue weighted by atomic mass is 16.4. The van der Waals surface area contributed by atoms with Crippen molar-refractivity contribution in [1.82, 2.24) is 10.6 Å². The Balaban J connectivity index is 1.76. The Hall–Kier alpha value is -1.98. The van der Waals surface area contributed by atoms with Gasteiger partial charge in [-0.3, -0.25) is 4.79 Å². The van der Waals surface area contributed by atoms with Crippen molar-refractivity contribution in [3.63, 3.8) is 0 Å². The van der Waals surface area contributed by atoms with E-state index in [1.54, 1.807) is 12.1 Å². The van der Waals surface area contributed by atoms with Crippen LogP contribution in [0.1, 0.15) is 25.0 Å². The third-order valence-corrected chi connectivity index (χ3v) is 2.91. The number of aliphatic carboxylic acids is 1. The van der Waals surface area contributed by atoms with Crippen molar-refractivity contribution >= 4 is 12.0 Å². The summed E-state index contributed by atoms with van der Waals surface area (Å²) in [5.74, 6) is 0.0695. The van der Waals surface area contributed by atoms with Crippen LogP contribution in [0.3, 0.4) is 0 Å². The first-order valence-corrected chi connectivity index (χ1v) is 5.93. The minimum absolute atomic E-state index is 0.0289. The molecule has 1 aromatic rings. The molecule has 0 radical (unpaired) electrons. The van der Waals surface area contributed by atoms with Crippen LogP contribution >= 0.6 is 0 Å². The maximum Gasteiger partial charge on any atom is 0.315 e. The lowest BCUT2D eigenvalue weighted by molar-refractivity contribution is -0.137. The van der Waals surface area contributed by atoms with E-state index in [-0.39, 0.29) is 18.5 Å². The Bertz CT molecular complexity index is 412.